The Hall–Kier alpha value is -10.3. The average Bonchev–Trinajstić information content (AvgIpc) is 1.74. The summed E-state index contributed by atoms with van der Waals surface area (Å²) >= 11 is 0. The summed E-state index contributed by atoms with van der Waals surface area (Å²) in [5.74, 6) is -12.6. The lowest BCUT2D eigenvalue weighted by Crippen LogP contribution is -2.60. The second kappa shape index (κ2) is 40.1. The Bertz CT molecular complexity index is 3640. The molecule has 1 aliphatic rings. The molecule has 4 aromatic carbocycles. The van der Waals surface area contributed by atoms with Gasteiger partial charge in [0.25, 0.3) is 0 Å². The van der Waals surface area contributed by atoms with E-state index in [9.17, 15) is 73.5 Å². The molecule has 15 N–H and O–H groups in total. The van der Waals surface area contributed by atoms with Crippen molar-refractivity contribution in [3.8, 4) is 17.2 Å². The molecule has 0 saturated carbocycles. The Kier molecular flexibility index (Phi) is 31.7. The minimum absolute atomic E-state index is 0.0434. The highest BCUT2D eigenvalue weighted by Gasteiger charge is 2.37. The summed E-state index contributed by atoms with van der Waals surface area (Å²) in [6.45, 7) is 4.45. The Morgan fingerprint density at radius 3 is 1.75 bits per heavy atom. The van der Waals surface area contributed by atoms with Crippen LogP contribution in [-0.4, -0.2) is 206 Å². The van der Waals surface area contributed by atoms with Crippen molar-refractivity contribution in [1.29, 1.82) is 0 Å². The largest absolute Gasteiger partial charge is 0.508 e. The van der Waals surface area contributed by atoms with E-state index in [0.717, 1.165) is 4.90 Å². The number of phenols is 3. The minimum Gasteiger partial charge on any atom is -0.508 e. The first kappa shape index (κ1) is 79.7. The van der Waals surface area contributed by atoms with Crippen LogP contribution in [0.3, 0.4) is 0 Å². The van der Waals surface area contributed by atoms with Gasteiger partial charge in [0.2, 0.25) is 64.7 Å². The van der Waals surface area contributed by atoms with Crippen molar-refractivity contribution in [3.63, 3.8) is 0 Å². The van der Waals surface area contributed by atoms with Crippen LogP contribution >= 0.6 is 0 Å². The van der Waals surface area contributed by atoms with Crippen molar-refractivity contribution >= 4 is 81.6 Å². The average molecular weight is 1400 g/mol. The smallest absolute Gasteiger partial charge is 0.326 e. The number of aliphatic hydroxyl groups excluding tert-OH is 1. The predicted octanol–water partition coefficient (Wildman–Crippen LogP) is 1.63. The number of amides is 9. The number of nitrogens with two attached hydrogens (primary N) is 1. The second-order valence-corrected chi connectivity index (χ2v) is 25.7. The molecule has 6 rings (SSSR count). The third-order valence-corrected chi connectivity index (χ3v) is 17.2. The van der Waals surface area contributed by atoms with Crippen molar-refractivity contribution in [2.24, 2.45) is 17.6 Å². The highest BCUT2D eigenvalue weighted by molar-refractivity contribution is 6.39. The number of ether oxygens (including phenoxy) is 1. The van der Waals surface area contributed by atoms with Gasteiger partial charge in [-0.05, 0) is 122 Å². The summed E-state index contributed by atoms with van der Waals surface area (Å²) in [5.41, 5.74) is 8.18. The number of Topliss-reactive ketones (excluding diaryl/α,β-unsaturated/α-hetero) is 2. The molecular weight excluding hydrogens is 1310 g/mol. The molecule has 0 spiro atoms. The van der Waals surface area contributed by atoms with Crippen LogP contribution < -0.4 is 43.0 Å². The summed E-state index contributed by atoms with van der Waals surface area (Å²) < 4.78 is 5.43. The van der Waals surface area contributed by atoms with Crippen LogP contribution in [-0.2, 0) is 88.0 Å². The van der Waals surface area contributed by atoms with E-state index in [4.69, 9.17) is 10.5 Å². The van der Waals surface area contributed by atoms with Gasteiger partial charge in [-0.3, -0.25) is 52.7 Å². The van der Waals surface area contributed by atoms with Crippen LogP contribution in [0.2, 0.25) is 0 Å². The molecule has 2 heterocycles. The number of benzene rings is 4. The molecule has 1 saturated heterocycles. The maximum Gasteiger partial charge on any atom is 0.326 e. The maximum absolute atomic E-state index is 15.1. The third-order valence-electron chi connectivity index (χ3n) is 17.2. The van der Waals surface area contributed by atoms with E-state index in [1.165, 1.54) is 67.6 Å². The fourth-order valence-electron chi connectivity index (χ4n) is 11.6. The minimum atomic E-state index is -1.86. The van der Waals surface area contributed by atoms with Gasteiger partial charge >= 0.3 is 5.97 Å². The van der Waals surface area contributed by atoms with Crippen LogP contribution in [0.15, 0.2) is 103 Å². The SMILES string of the molecule is CCCOCC(=O)C(=O)[C@H](Cc1ccc(O)cc1)NC[C@H]1CCCCN(C(C)=O)CCCCN(CC(=O)N[C@@H](Cc2ccc(O)cc2)C(=O)O)C(=O)[C@H](CC(C)C)NC(=O)C(Cc2ccc(O)cc2)NC(=O)[C@H](CCC(N)=O)NC(=O)C(CO)NC(=O)[C@H](Cc2c[nH]c3ccccc23)NC1=O. The number of carbonyl (C=O) groups excluding carboxylic acids is 11. The van der Waals surface area contributed by atoms with Gasteiger partial charge in [-0.1, -0.05) is 81.8 Å². The number of aromatic hydroxyl groups is 3. The Labute approximate surface area is 585 Å². The highest BCUT2D eigenvalue weighted by Crippen LogP contribution is 2.22. The van der Waals surface area contributed by atoms with Gasteiger partial charge in [-0.2, -0.15) is 0 Å². The molecule has 5 aromatic rings. The number of aromatic nitrogens is 1. The molecule has 1 aliphatic heterocycles. The third kappa shape index (κ3) is 26.1. The van der Waals surface area contributed by atoms with Gasteiger partial charge in [0.15, 0.2) is 0 Å². The lowest BCUT2D eigenvalue weighted by atomic mass is 9.96. The van der Waals surface area contributed by atoms with Crippen molar-refractivity contribution in [3.05, 3.63) is 126 Å². The summed E-state index contributed by atoms with van der Waals surface area (Å²) in [7, 11) is 0. The molecular formula is C72H95N11O18. The molecule has 2 unspecified atom stereocenters. The topological polar surface area (TPSA) is 448 Å². The van der Waals surface area contributed by atoms with Crippen molar-refractivity contribution < 1.29 is 87.8 Å². The highest BCUT2D eigenvalue weighted by atomic mass is 16.5. The van der Waals surface area contributed by atoms with Gasteiger partial charge in [0.05, 0.1) is 25.1 Å². The molecule has 546 valence electrons. The number of hydrogen-bond donors (Lipinski definition) is 14. The van der Waals surface area contributed by atoms with E-state index < -0.39 is 146 Å². The number of carbonyl (C=O) groups is 12. The Morgan fingerprint density at radius 1 is 0.644 bits per heavy atom. The lowest BCUT2D eigenvalue weighted by Gasteiger charge is -2.31. The fraction of sp³-hybridized carbons (Fsp3) is 0.472. The number of nitrogens with zero attached hydrogens (tertiary/aromatic N) is 2. The number of carboxylic acid groups (broad SMARTS) is 1. The molecule has 0 radical (unpaired) electrons. The monoisotopic (exact) mass is 1400 g/mol. The van der Waals surface area contributed by atoms with Gasteiger partial charge in [-0.15, -0.1) is 0 Å². The van der Waals surface area contributed by atoms with Crippen molar-refractivity contribution in [1.82, 2.24) is 52.0 Å². The summed E-state index contributed by atoms with van der Waals surface area (Å²) in [6.07, 6.45) is 1.35. The zero-order chi connectivity index (χ0) is 73.7. The maximum atomic E-state index is 15.1. The number of carboxylic acids is 1. The number of aromatic amines is 1. The molecule has 0 bridgehead atoms. The number of primary amides is 1. The van der Waals surface area contributed by atoms with Crippen LogP contribution in [0.25, 0.3) is 10.9 Å². The quantitative estimate of drug-likeness (QED) is 0.0262. The number of fused-ring (bicyclic) bond motifs is 1. The number of aliphatic hydroxyl groups is 1. The van der Waals surface area contributed by atoms with Gasteiger partial charge in [0, 0.05) is 82.5 Å². The van der Waals surface area contributed by atoms with Gasteiger partial charge in [0.1, 0.15) is 60.1 Å². The zero-order valence-corrected chi connectivity index (χ0v) is 57.4. The first-order valence-corrected chi connectivity index (χ1v) is 34.0. The molecule has 1 aromatic heterocycles. The lowest BCUT2D eigenvalue weighted by molar-refractivity contribution is -0.143. The summed E-state index contributed by atoms with van der Waals surface area (Å²) in [6, 6.07) is 13.5. The molecule has 101 heavy (non-hydrogen) atoms. The standard InChI is InChI=1S/C72H95N11O18/c1-5-32-101-42-62(89)65(92)56(34-45-15-21-50(86)22-16-45)75-38-48-12-8-9-29-82(44(4)85)30-10-11-31-83(40-64(91)76-60(72(99)100)36-47-19-25-52(88)26-20-47)71(98)59(33-43(2)3)80-68(95)57(35-46-17-23-51(87)24-18-46)79-67(94)55(27-28-63(73)90)77-70(97)61(41-84)81-69(96)58(78-66(48)93)37-49-39-74-54-14-7-6-13-53(49)54/h6-7,13-26,39,43,48,55-61,74-75,84,86-88H,5,8-12,27-38,40-42H2,1-4H3,(H2,73,90)(H,76,91)(H,77,97)(H,78,93)(H,79,94)(H,80,95)(H,81,96)(H,99,100)/t48-,55+,56+,57?,58+,59+,60+,61?/m1/s1. The van der Waals surface area contributed by atoms with E-state index in [2.05, 4.69) is 42.2 Å². The molecule has 9 amide bonds. The predicted molar refractivity (Wildman–Crippen MR) is 370 cm³/mol. The number of para-hydroxylation sites is 1. The number of H-pyrrole nitrogens is 1. The normalized spacial score (nSPS) is 19.7. The first-order chi connectivity index (χ1) is 48.2. The van der Waals surface area contributed by atoms with Crippen molar-refractivity contribution in [2.45, 2.75) is 153 Å². The Morgan fingerprint density at radius 2 is 1.17 bits per heavy atom. The number of nitrogens with one attached hydrogen (secondary N) is 8. The van der Waals surface area contributed by atoms with Crippen LogP contribution in [0.4, 0.5) is 0 Å². The fourth-order valence-corrected chi connectivity index (χ4v) is 11.6. The number of aliphatic carboxylic acids is 1. The van der Waals surface area contributed by atoms with Gasteiger partial charge < -0.3 is 88.0 Å². The van der Waals surface area contributed by atoms with E-state index in [1.807, 2.05) is 6.92 Å². The number of phenolic OH excluding ortho intramolecular Hbond substituents is 3. The van der Waals surface area contributed by atoms with Crippen molar-refractivity contribution in [2.75, 3.05) is 52.5 Å². The first-order valence-electron chi connectivity index (χ1n) is 34.0. The molecule has 8 atom stereocenters. The van der Waals surface area contributed by atoms with Crippen LogP contribution in [0, 0.1) is 11.8 Å². The number of rotatable bonds is 27. The van der Waals surface area contributed by atoms with Gasteiger partial charge in [-0.25, -0.2) is 4.79 Å². The van der Waals surface area contributed by atoms with Crippen LogP contribution in [0.5, 0.6) is 17.2 Å². The molecule has 0 aliphatic carbocycles. The molecule has 29 heteroatoms. The summed E-state index contributed by atoms with van der Waals surface area (Å²) in [4.78, 5) is 175. The van der Waals surface area contributed by atoms with E-state index in [0.29, 0.717) is 46.0 Å². The number of ketones is 2. The zero-order valence-electron chi connectivity index (χ0n) is 57.4. The second-order valence-electron chi connectivity index (χ2n) is 25.7. The molecule has 1 fully saturated rings. The Balaban J connectivity index is 1.41. The van der Waals surface area contributed by atoms with E-state index in [1.54, 1.807) is 61.3 Å². The van der Waals surface area contributed by atoms with Crippen LogP contribution in [0.1, 0.15) is 108 Å². The van der Waals surface area contributed by atoms with E-state index in [-0.39, 0.29) is 120 Å². The molecule has 29 nitrogen and oxygen atoms in total. The number of hydrogen-bond acceptors (Lipinski definition) is 18. The summed E-state index contributed by atoms with van der Waals surface area (Å²) in [5, 5.41) is 70.7. The van der Waals surface area contributed by atoms with E-state index >= 15 is 9.59 Å².